The summed E-state index contributed by atoms with van der Waals surface area (Å²) in [4.78, 5) is 0.808. The van der Waals surface area contributed by atoms with Crippen LogP contribution in [0, 0.1) is 17.5 Å². The molecule has 21 heavy (non-hydrogen) atoms. The minimum atomic E-state index is -0.875. The molecule has 1 unspecified atom stereocenters. The van der Waals surface area contributed by atoms with Crippen molar-refractivity contribution in [2.75, 3.05) is 7.05 Å². The van der Waals surface area contributed by atoms with E-state index >= 15 is 0 Å². The predicted molar refractivity (Wildman–Crippen MR) is 79.0 cm³/mol. The Hall–Kier alpha value is -1.85. The number of hydrogen-bond acceptors (Lipinski definition) is 2. The molecule has 0 aliphatic carbocycles. The molecule has 0 spiro atoms. The van der Waals surface area contributed by atoms with E-state index in [1.54, 1.807) is 19.2 Å². The van der Waals surface area contributed by atoms with Crippen LogP contribution in [0.1, 0.15) is 16.5 Å². The van der Waals surface area contributed by atoms with Crippen LogP contribution in [-0.2, 0) is 0 Å². The summed E-state index contributed by atoms with van der Waals surface area (Å²) in [5.74, 6) is -2.05. The number of thiophene rings is 1. The first-order valence-electron chi connectivity index (χ1n) is 6.40. The van der Waals surface area contributed by atoms with E-state index in [0.29, 0.717) is 0 Å². The van der Waals surface area contributed by atoms with Gasteiger partial charge in [-0.2, -0.15) is 0 Å². The van der Waals surface area contributed by atoms with Crippen molar-refractivity contribution in [1.29, 1.82) is 0 Å². The van der Waals surface area contributed by atoms with E-state index in [2.05, 4.69) is 5.32 Å². The quantitative estimate of drug-likeness (QED) is 0.744. The maximum absolute atomic E-state index is 14.0. The molecule has 1 atom stereocenters. The van der Waals surface area contributed by atoms with Gasteiger partial charge in [-0.15, -0.1) is 11.3 Å². The Labute approximate surface area is 124 Å². The number of hydrogen-bond donors (Lipinski definition) is 1. The van der Waals surface area contributed by atoms with Crippen LogP contribution in [0.15, 0.2) is 42.5 Å². The summed E-state index contributed by atoms with van der Waals surface area (Å²) < 4.78 is 41.4. The fourth-order valence-corrected chi connectivity index (χ4v) is 3.58. The molecule has 5 heteroatoms. The summed E-state index contributed by atoms with van der Waals surface area (Å²) in [6, 6.07) is 10.0. The van der Waals surface area contributed by atoms with Gasteiger partial charge >= 0.3 is 0 Å². The zero-order valence-corrected chi connectivity index (χ0v) is 12.0. The second kappa shape index (κ2) is 5.50. The Kier molecular flexibility index (Phi) is 3.69. The Morgan fingerprint density at radius 1 is 1.05 bits per heavy atom. The zero-order valence-electron chi connectivity index (χ0n) is 11.2. The summed E-state index contributed by atoms with van der Waals surface area (Å²) in [6.07, 6.45) is 0. The van der Waals surface area contributed by atoms with Crippen LogP contribution in [-0.4, -0.2) is 7.05 Å². The molecule has 3 rings (SSSR count). The zero-order chi connectivity index (χ0) is 15.0. The van der Waals surface area contributed by atoms with Gasteiger partial charge in [0.05, 0.1) is 6.04 Å². The van der Waals surface area contributed by atoms with Crippen molar-refractivity contribution >= 4 is 21.4 Å². The van der Waals surface area contributed by atoms with Crippen molar-refractivity contribution in [2.45, 2.75) is 6.04 Å². The van der Waals surface area contributed by atoms with E-state index in [1.807, 2.05) is 6.07 Å². The third kappa shape index (κ3) is 2.54. The minimum absolute atomic E-state index is 0.240. The lowest BCUT2D eigenvalue weighted by Gasteiger charge is -2.15. The molecular weight excluding hydrogens is 295 g/mol. The Balaban J connectivity index is 2.11. The van der Waals surface area contributed by atoms with Crippen molar-refractivity contribution in [3.63, 3.8) is 0 Å². The largest absolute Gasteiger partial charge is 0.309 e. The normalized spacial score (nSPS) is 12.8. The lowest BCUT2D eigenvalue weighted by Crippen LogP contribution is -2.18. The van der Waals surface area contributed by atoms with Gasteiger partial charge in [0.15, 0.2) is 11.6 Å². The van der Waals surface area contributed by atoms with Crippen LogP contribution in [0.3, 0.4) is 0 Å². The van der Waals surface area contributed by atoms with Crippen molar-refractivity contribution in [2.24, 2.45) is 0 Å². The van der Waals surface area contributed by atoms with Crippen molar-refractivity contribution in [3.05, 3.63) is 70.4 Å². The van der Waals surface area contributed by atoms with Crippen molar-refractivity contribution in [1.82, 2.24) is 5.32 Å². The molecule has 0 aliphatic heterocycles. The summed E-state index contributed by atoms with van der Waals surface area (Å²) >= 11 is 1.36. The molecule has 108 valence electrons. The molecule has 1 nitrogen and oxygen atoms in total. The first kappa shape index (κ1) is 14.1. The topological polar surface area (TPSA) is 12.0 Å². The smallest absolute Gasteiger partial charge is 0.163 e. The van der Waals surface area contributed by atoms with Gasteiger partial charge < -0.3 is 5.32 Å². The molecule has 2 aromatic carbocycles. The minimum Gasteiger partial charge on any atom is -0.309 e. The van der Waals surface area contributed by atoms with Crippen molar-refractivity contribution < 1.29 is 13.2 Å². The van der Waals surface area contributed by atoms with Crippen molar-refractivity contribution in [3.8, 4) is 0 Å². The summed E-state index contributed by atoms with van der Waals surface area (Å²) in [7, 11) is 1.68. The molecule has 0 radical (unpaired) electrons. The van der Waals surface area contributed by atoms with Gasteiger partial charge in [-0.3, -0.25) is 0 Å². The average Bonchev–Trinajstić information content (AvgIpc) is 2.87. The molecule has 0 saturated carbocycles. The van der Waals surface area contributed by atoms with E-state index in [-0.39, 0.29) is 11.4 Å². The van der Waals surface area contributed by atoms with Gasteiger partial charge in [0.2, 0.25) is 0 Å². The molecule has 1 heterocycles. The van der Waals surface area contributed by atoms with Crippen LogP contribution >= 0.6 is 11.3 Å². The SMILES string of the molecule is CNC(c1cc2ccc(F)cc2s1)c1cccc(F)c1F. The van der Waals surface area contributed by atoms with Gasteiger partial charge in [-0.05, 0) is 36.7 Å². The maximum Gasteiger partial charge on any atom is 0.163 e. The maximum atomic E-state index is 14.0. The molecule has 0 aliphatic rings. The monoisotopic (exact) mass is 307 g/mol. The van der Waals surface area contributed by atoms with Crippen LogP contribution in [0.5, 0.6) is 0 Å². The van der Waals surface area contributed by atoms with Gasteiger partial charge in [0.25, 0.3) is 0 Å². The van der Waals surface area contributed by atoms with Crippen LogP contribution < -0.4 is 5.32 Å². The van der Waals surface area contributed by atoms with Crippen LogP contribution in [0.25, 0.3) is 10.1 Å². The van der Waals surface area contributed by atoms with E-state index in [1.165, 1.54) is 29.5 Å². The Morgan fingerprint density at radius 3 is 2.62 bits per heavy atom. The predicted octanol–water partition coefficient (Wildman–Crippen LogP) is 4.63. The summed E-state index contributed by atoms with van der Waals surface area (Å²) in [5.41, 5.74) is 0.240. The average molecular weight is 307 g/mol. The highest BCUT2D eigenvalue weighted by molar-refractivity contribution is 7.19. The standard InChI is InChI=1S/C16H12F3NS/c1-20-16(11-3-2-4-12(18)15(11)19)14-7-9-5-6-10(17)8-13(9)21-14/h2-8,16,20H,1H3. The number of fused-ring (bicyclic) bond motifs is 1. The van der Waals surface area contributed by atoms with E-state index in [9.17, 15) is 13.2 Å². The third-order valence-corrected chi connectivity index (χ3v) is 4.53. The highest BCUT2D eigenvalue weighted by Gasteiger charge is 2.20. The fourth-order valence-electron chi connectivity index (χ4n) is 2.36. The van der Waals surface area contributed by atoms with E-state index in [0.717, 1.165) is 21.0 Å². The molecular formula is C16H12F3NS. The molecule has 0 bridgehead atoms. The first-order chi connectivity index (χ1) is 10.1. The van der Waals surface area contributed by atoms with Gasteiger partial charge in [0.1, 0.15) is 5.82 Å². The molecule has 0 fully saturated rings. The number of halogens is 3. The van der Waals surface area contributed by atoms with Crippen LogP contribution in [0.4, 0.5) is 13.2 Å². The van der Waals surface area contributed by atoms with Gasteiger partial charge in [-0.1, -0.05) is 18.2 Å². The molecule has 0 amide bonds. The Bertz CT molecular complexity index is 797. The summed E-state index contributed by atoms with van der Waals surface area (Å²) in [6.45, 7) is 0. The highest BCUT2D eigenvalue weighted by Crippen LogP contribution is 2.34. The number of nitrogens with one attached hydrogen (secondary N) is 1. The Morgan fingerprint density at radius 2 is 1.86 bits per heavy atom. The van der Waals surface area contributed by atoms with E-state index in [4.69, 9.17) is 0 Å². The van der Waals surface area contributed by atoms with E-state index < -0.39 is 17.7 Å². The molecule has 3 aromatic rings. The second-order valence-electron chi connectivity index (χ2n) is 4.70. The molecule has 0 saturated heterocycles. The third-order valence-electron chi connectivity index (χ3n) is 3.37. The second-order valence-corrected chi connectivity index (χ2v) is 5.81. The lowest BCUT2D eigenvalue weighted by atomic mass is 10.0. The molecule has 1 N–H and O–H groups in total. The van der Waals surface area contributed by atoms with Gasteiger partial charge in [-0.25, -0.2) is 13.2 Å². The molecule has 1 aromatic heterocycles. The van der Waals surface area contributed by atoms with Gasteiger partial charge in [0, 0.05) is 15.1 Å². The first-order valence-corrected chi connectivity index (χ1v) is 7.22. The van der Waals surface area contributed by atoms with Crippen LogP contribution in [0.2, 0.25) is 0 Å². The highest BCUT2D eigenvalue weighted by atomic mass is 32.1. The fraction of sp³-hybridized carbons (Fsp3) is 0.125. The lowest BCUT2D eigenvalue weighted by molar-refractivity contribution is 0.488. The number of rotatable bonds is 3. The number of benzene rings is 2. The summed E-state index contributed by atoms with van der Waals surface area (Å²) in [5, 5.41) is 3.87.